The Morgan fingerprint density at radius 3 is 2.90 bits per heavy atom. The van der Waals surface area contributed by atoms with Crippen molar-refractivity contribution in [2.24, 2.45) is 0 Å². The summed E-state index contributed by atoms with van der Waals surface area (Å²) < 4.78 is 12.7. The van der Waals surface area contributed by atoms with Crippen LogP contribution in [0.3, 0.4) is 0 Å². The predicted octanol–water partition coefficient (Wildman–Crippen LogP) is 4.78. The lowest BCUT2D eigenvalue weighted by Crippen LogP contribution is -2.51. The van der Waals surface area contributed by atoms with Crippen LogP contribution in [0, 0.1) is 6.92 Å². The summed E-state index contributed by atoms with van der Waals surface area (Å²) >= 11 is 8.14. The lowest BCUT2D eigenvalue weighted by molar-refractivity contribution is -0.0928. The van der Waals surface area contributed by atoms with Crippen LogP contribution < -0.4 is 5.32 Å². The van der Waals surface area contributed by atoms with Gasteiger partial charge in [0, 0.05) is 42.1 Å². The number of ether oxygens (including phenoxy) is 2. The molecule has 0 spiro atoms. The number of thiophene rings is 1. The number of nitrogens with zero attached hydrogens (tertiary/aromatic N) is 2. The van der Waals surface area contributed by atoms with Crippen molar-refractivity contribution in [1.29, 1.82) is 0 Å². The standard InChI is InChI=1S/C22H26ClN3O2S/c1-13-5-14(23)6-18(17(13)7-15-9-24-11-22(2,3)28-15)20-21-19(25-12-26-20)8-16(29-21)10-27-4/h5-6,8,12,15,24H,7,9-11H2,1-4H3/t15-/m1/s1. The van der Waals surface area contributed by atoms with Gasteiger partial charge in [-0.25, -0.2) is 9.97 Å². The first-order chi connectivity index (χ1) is 13.9. The third kappa shape index (κ3) is 4.47. The van der Waals surface area contributed by atoms with Gasteiger partial charge in [-0.2, -0.15) is 0 Å². The van der Waals surface area contributed by atoms with E-state index in [-0.39, 0.29) is 11.7 Å². The number of aromatic nitrogens is 2. The molecule has 2 aromatic heterocycles. The molecule has 4 rings (SSSR count). The van der Waals surface area contributed by atoms with Crippen molar-refractivity contribution in [2.45, 2.75) is 45.5 Å². The molecule has 1 aliphatic rings. The first kappa shape index (κ1) is 20.7. The van der Waals surface area contributed by atoms with E-state index in [1.807, 2.05) is 12.1 Å². The highest BCUT2D eigenvalue weighted by atomic mass is 35.5. The number of hydrogen-bond acceptors (Lipinski definition) is 6. The third-order valence-corrected chi connectivity index (χ3v) is 6.50. The minimum atomic E-state index is -0.172. The minimum Gasteiger partial charge on any atom is -0.379 e. The Balaban J connectivity index is 1.79. The van der Waals surface area contributed by atoms with Crippen molar-refractivity contribution in [3.8, 4) is 11.3 Å². The molecule has 1 aromatic carbocycles. The predicted molar refractivity (Wildman–Crippen MR) is 119 cm³/mol. The molecule has 1 atom stereocenters. The molecule has 1 aliphatic heterocycles. The van der Waals surface area contributed by atoms with E-state index in [2.05, 4.69) is 42.1 Å². The molecule has 0 amide bonds. The van der Waals surface area contributed by atoms with E-state index in [4.69, 9.17) is 21.1 Å². The van der Waals surface area contributed by atoms with Crippen LogP contribution >= 0.6 is 22.9 Å². The highest BCUT2D eigenvalue weighted by molar-refractivity contribution is 7.19. The summed E-state index contributed by atoms with van der Waals surface area (Å²) in [7, 11) is 1.70. The molecule has 0 aliphatic carbocycles. The number of aryl methyl sites for hydroxylation is 1. The van der Waals surface area contributed by atoms with Crippen LogP contribution in [0.2, 0.25) is 5.02 Å². The Morgan fingerprint density at radius 2 is 2.14 bits per heavy atom. The molecule has 1 saturated heterocycles. The molecule has 0 bridgehead atoms. The summed E-state index contributed by atoms with van der Waals surface area (Å²) in [5, 5.41) is 4.21. The fourth-order valence-corrected chi connectivity index (χ4v) is 5.33. The fourth-order valence-electron chi connectivity index (χ4n) is 3.97. The van der Waals surface area contributed by atoms with E-state index in [1.54, 1.807) is 24.8 Å². The van der Waals surface area contributed by atoms with Crippen LogP contribution in [0.1, 0.15) is 29.9 Å². The SMILES string of the molecule is COCc1cc2ncnc(-c3cc(Cl)cc(C)c3C[C@@H]3CNCC(C)(C)O3)c2s1. The maximum Gasteiger partial charge on any atom is 0.116 e. The van der Waals surface area contributed by atoms with E-state index in [1.165, 1.54) is 5.56 Å². The van der Waals surface area contributed by atoms with Gasteiger partial charge in [-0.15, -0.1) is 11.3 Å². The topological polar surface area (TPSA) is 56.3 Å². The molecule has 0 unspecified atom stereocenters. The van der Waals surface area contributed by atoms with Crippen molar-refractivity contribution in [3.05, 3.63) is 45.6 Å². The zero-order chi connectivity index (χ0) is 20.6. The van der Waals surface area contributed by atoms with Crippen molar-refractivity contribution in [3.63, 3.8) is 0 Å². The van der Waals surface area contributed by atoms with E-state index in [0.29, 0.717) is 11.6 Å². The van der Waals surface area contributed by atoms with Gasteiger partial charge in [0.2, 0.25) is 0 Å². The van der Waals surface area contributed by atoms with Crippen molar-refractivity contribution < 1.29 is 9.47 Å². The first-order valence-corrected chi connectivity index (χ1v) is 11.0. The average Bonchev–Trinajstić information content (AvgIpc) is 3.06. The smallest absolute Gasteiger partial charge is 0.116 e. The van der Waals surface area contributed by atoms with Gasteiger partial charge in [-0.05, 0) is 50.1 Å². The van der Waals surface area contributed by atoms with Crippen molar-refractivity contribution >= 4 is 33.2 Å². The molecule has 3 aromatic rings. The largest absolute Gasteiger partial charge is 0.379 e. The van der Waals surface area contributed by atoms with E-state index >= 15 is 0 Å². The van der Waals surface area contributed by atoms with Crippen molar-refractivity contribution in [1.82, 2.24) is 15.3 Å². The van der Waals surface area contributed by atoms with Gasteiger partial charge in [0.25, 0.3) is 0 Å². The minimum absolute atomic E-state index is 0.0992. The van der Waals surface area contributed by atoms with Gasteiger partial charge in [-0.1, -0.05) is 11.6 Å². The summed E-state index contributed by atoms with van der Waals surface area (Å²) in [5.74, 6) is 0. The number of halogens is 1. The Morgan fingerprint density at radius 1 is 1.31 bits per heavy atom. The van der Waals surface area contributed by atoms with Gasteiger partial charge in [0.15, 0.2) is 0 Å². The van der Waals surface area contributed by atoms with Crippen molar-refractivity contribution in [2.75, 3.05) is 20.2 Å². The van der Waals surface area contributed by atoms with Crippen LogP contribution in [0.5, 0.6) is 0 Å². The zero-order valence-corrected chi connectivity index (χ0v) is 18.8. The second-order valence-corrected chi connectivity index (χ2v) is 9.74. The van der Waals surface area contributed by atoms with Crippen LogP contribution in [-0.4, -0.2) is 41.9 Å². The van der Waals surface area contributed by atoms with E-state index in [0.717, 1.165) is 51.4 Å². The molecule has 7 heteroatoms. The normalized spacial score (nSPS) is 19.0. The molecule has 3 heterocycles. The quantitative estimate of drug-likeness (QED) is 0.630. The zero-order valence-electron chi connectivity index (χ0n) is 17.2. The Hall–Kier alpha value is -1.57. The second-order valence-electron chi connectivity index (χ2n) is 8.17. The summed E-state index contributed by atoms with van der Waals surface area (Å²) in [4.78, 5) is 10.2. The number of fused-ring (bicyclic) bond motifs is 1. The maximum absolute atomic E-state index is 6.46. The summed E-state index contributed by atoms with van der Waals surface area (Å²) in [5.41, 5.74) is 5.12. The van der Waals surface area contributed by atoms with Crippen LogP contribution in [0.15, 0.2) is 24.5 Å². The van der Waals surface area contributed by atoms with Gasteiger partial charge < -0.3 is 14.8 Å². The molecular weight excluding hydrogens is 406 g/mol. The van der Waals surface area contributed by atoms with Gasteiger partial charge in [-0.3, -0.25) is 0 Å². The molecule has 29 heavy (non-hydrogen) atoms. The number of hydrogen-bond donors (Lipinski definition) is 1. The van der Waals surface area contributed by atoms with Gasteiger partial charge >= 0.3 is 0 Å². The highest BCUT2D eigenvalue weighted by Gasteiger charge is 2.29. The lowest BCUT2D eigenvalue weighted by Gasteiger charge is -2.37. The molecule has 1 N–H and O–H groups in total. The maximum atomic E-state index is 6.46. The number of rotatable bonds is 5. The van der Waals surface area contributed by atoms with Crippen LogP contribution in [0.4, 0.5) is 0 Å². The van der Waals surface area contributed by atoms with E-state index < -0.39 is 0 Å². The second kappa shape index (κ2) is 8.28. The summed E-state index contributed by atoms with van der Waals surface area (Å²) in [6, 6.07) is 6.11. The van der Waals surface area contributed by atoms with E-state index in [9.17, 15) is 0 Å². The number of benzene rings is 1. The van der Waals surface area contributed by atoms with Gasteiger partial charge in [0.05, 0.1) is 34.2 Å². The molecule has 0 radical (unpaired) electrons. The number of methoxy groups -OCH3 is 1. The highest BCUT2D eigenvalue weighted by Crippen LogP contribution is 2.37. The molecule has 1 fully saturated rings. The first-order valence-electron chi connectivity index (χ1n) is 9.76. The Kier molecular flexibility index (Phi) is 5.91. The summed E-state index contributed by atoms with van der Waals surface area (Å²) in [6.07, 6.45) is 2.53. The average molecular weight is 432 g/mol. The van der Waals surface area contributed by atoms with Crippen LogP contribution in [-0.2, 0) is 22.5 Å². The molecule has 5 nitrogen and oxygen atoms in total. The number of morpholine rings is 1. The lowest BCUT2D eigenvalue weighted by atomic mass is 9.93. The molecule has 0 saturated carbocycles. The third-order valence-electron chi connectivity index (χ3n) is 5.18. The monoisotopic (exact) mass is 431 g/mol. The summed E-state index contributed by atoms with van der Waals surface area (Å²) in [6.45, 7) is 8.62. The molecular formula is C22H26ClN3O2S. The number of nitrogens with one attached hydrogen (secondary N) is 1. The Labute approximate surface area is 180 Å². The molecule has 154 valence electrons. The van der Waals surface area contributed by atoms with Crippen LogP contribution in [0.25, 0.3) is 21.5 Å². The van der Waals surface area contributed by atoms with Gasteiger partial charge in [0.1, 0.15) is 6.33 Å². The Bertz CT molecular complexity index is 1030. The fraction of sp³-hybridized carbons (Fsp3) is 0.455.